The Morgan fingerprint density at radius 3 is 2.06 bits per heavy atom. The van der Waals surface area contributed by atoms with E-state index in [1.54, 1.807) is 0 Å². The molecule has 0 saturated heterocycles. The largest absolute Gasteiger partial charge is 1.00 e. The molecule has 88 valence electrons. The minimum Gasteiger partial charge on any atom is -1.00 e. The summed E-state index contributed by atoms with van der Waals surface area (Å²) in [7, 11) is 0. The summed E-state index contributed by atoms with van der Waals surface area (Å²) in [5, 5.41) is 26.3. The van der Waals surface area contributed by atoms with Crippen molar-refractivity contribution in [3.8, 4) is 0 Å². The Hall–Kier alpha value is -0.630. The fraction of sp³-hybridized carbons (Fsp3) is 0.625. The van der Waals surface area contributed by atoms with Gasteiger partial charge in [0.1, 0.15) is 0 Å². The van der Waals surface area contributed by atoms with Crippen LogP contribution in [0.15, 0.2) is 0 Å². The van der Waals surface area contributed by atoms with Crippen molar-refractivity contribution in [1.29, 1.82) is 0 Å². The van der Waals surface area contributed by atoms with Gasteiger partial charge < -0.3 is 21.5 Å². The third-order valence-corrected chi connectivity index (χ3v) is 1.58. The number of hydrogen-bond donors (Lipinski definition) is 3. The molecular weight excluding hydrogens is 231 g/mol. The standard InChI is InChI=1S/C8H12O7.Na.H/c1-2-15-6(11)4-8(14,7(12)13)3-5(9)10;;/h14H,2-4H2,1H3,(H,9,10)(H,12,13);;/q;+1;-1. The molecule has 0 bridgehead atoms. The first-order valence-corrected chi connectivity index (χ1v) is 4.15. The Kier molecular flexibility index (Phi) is 8.45. The van der Waals surface area contributed by atoms with E-state index in [-0.39, 0.29) is 37.6 Å². The number of carbonyl (C=O) groups excluding carboxylic acids is 1. The van der Waals surface area contributed by atoms with E-state index in [0.29, 0.717) is 0 Å². The molecular formula is C8H13NaO7. The molecule has 0 heterocycles. The van der Waals surface area contributed by atoms with Crippen LogP contribution in [-0.2, 0) is 19.1 Å². The number of aliphatic hydroxyl groups is 1. The second-order valence-corrected chi connectivity index (χ2v) is 2.89. The van der Waals surface area contributed by atoms with Gasteiger partial charge in [-0.1, -0.05) is 0 Å². The van der Waals surface area contributed by atoms with Crippen LogP contribution in [0.25, 0.3) is 0 Å². The third-order valence-electron chi connectivity index (χ3n) is 1.58. The van der Waals surface area contributed by atoms with E-state index in [2.05, 4.69) is 4.74 Å². The van der Waals surface area contributed by atoms with Gasteiger partial charge in [0.15, 0.2) is 5.60 Å². The van der Waals surface area contributed by atoms with Crippen LogP contribution in [0.4, 0.5) is 0 Å². The summed E-state index contributed by atoms with van der Waals surface area (Å²) in [6.45, 7) is 1.54. The third kappa shape index (κ3) is 6.06. The maximum Gasteiger partial charge on any atom is 1.00 e. The van der Waals surface area contributed by atoms with Crippen LogP contribution in [0.5, 0.6) is 0 Å². The van der Waals surface area contributed by atoms with E-state index in [4.69, 9.17) is 10.2 Å². The van der Waals surface area contributed by atoms with Gasteiger partial charge >= 0.3 is 47.5 Å². The van der Waals surface area contributed by atoms with E-state index in [1.807, 2.05) is 0 Å². The molecule has 7 nitrogen and oxygen atoms in total. The topological polar surface area (TPSA) is 121 Å². The normalized spacial score (nSPS) is 13.1. The molecule has 0 spiro atoms. The molecule has 0 aliphatic rings. The number of esters is 1. The Balaban J connectivity index is -0.000000980. The summed E-state index contributed by atoms with van der Waals surface area (Å²) >= 11 is 0. The zero-order valence-corrected chi connectivity index (χ0v) is 11.1. The molecule has 0 aliphatic heterocycles. The fourth-order valence-electron chi connectivity index (χ4n) is 0.915. The first kappa shape index (κ1) is 17.8. The van der Waals surface area contributed by atoms with Crippen LogP contribution in [0.1, 0.15) is 21.2 Å². The van der Waals surface area contributed by atoms with Crippen molar-refractivity contribution < 1.29 is 65.4 Å². The van der Waals surface area contributed by atoms with Crippen molar-refractivity contribution in [2.75, 3.05) is 6.61 Å². The van der Waals surface area contributed by atoms with Gasteiger partial charge in [-0.25, -0.2) is 4.79 Å². The number of aliphatic carboxylic acids is 2. The van der Waals surface area contributed by atoms with Gasteiger partial charge in [0.25, 0.3) is 0 Å². The molecule has 0 rings (SSSR count). The first-order chi connectivity index (χ1) is 6.81. The zero-order chi connectivity index (χ0) is 12.1. The van der Waals surface area contributed by atoms with Gasteiger partial charge in [-0.2, -0.15) is 0 Å². The van der Waals surface area contributed by atoms with Crippen molar-refractivity contribution >= 4 is 17.9 Å². The molecule has 3 N–H and O–H groups in total. The number of carboxylic acids is 2. The number of carboxylic acid groups (broad SMARTS) is 2. The maximum atomic E-state index is 10.9. The van der Waals surface area contributed by atoms with E-state index in [1.165, 1.54) is 6.92 Å². The van der Waals surface area contributed by atoms with Crippen molar-refractivity contribution in [2.45, 2.75) is 25.4 Å². The van der Waals surface area contributed by atoms with Gasteiger partial charge in [0.2, 0.25) is 0 Å². The van der Waals surface area contributed by atoms with Crippen LogP contribution in [0.3, 0.4) is 0 Å². The van der Waals surface area contributed by atoms with Crippen LogP contribution in [0, 0.1) is 0 Å². The van der Waals surface area contributed by atoms with Crippen molar-refractivity contribution in [3.63, 3.8) is 0 Å². The maximum absolute atomic E-state index is 10.9. The molecule has 0 aliphatic carbocycles. The van der Waals surface area contributed by atoms with Gasteiger partial charge in [0, 0.05) is 0 Å². The molecule has 8 heteroatoms. The molecule has 1 atom stereocenters. The Labute approximate surface area is 115 Å². The molecule has 1 unspecified atom stereocenters. The Morgan fingerprint density at radius 1 is 1.25 bits per heavy atom. The average Bonchev–Trinajstić information content (AvgIpc) is 2.01. The summed E-state index contributed by atoms with van der Waals surface area (Å²) < 4.78 is 4.41. The number of rotatable bonds is 6. The zero-order valence-electron chi connectivity index (χ0n) is 10.1. The smallest absolute Gasteiger partial charge is 1.00 e. The molecule has 0 aromatic rings. The average molecular weight is 244 g/mol. The minimum absolute atomic E-state index is 0. The van der Waals surface area contributed by atoms with E-state index in [0.717, 1.165) is 0 Å². The summed E-state index contributed by atoms with van der Waals surface area (Å²) in [5.74, 6) is -4.23. The number of ether oxygens (including phenoxy) is 1. The molecule has 0 radical (unpaired) electrons. The van der Waals surface area contributed by atoms with Gasteiger partial charge in [-0.15, -0.1) is 0 Å². The van der Waals surface area contributed by atoms with E-state index in [9.17, 15) is 19.5 Å². The summed E-state index contributed by atoms with van der Waals surface area (Å²) in [6.07, 6.45) is -1.94. The molecule has 0 fully saturated rings. The van der Waals surface area contributed by atoms with Gasteiger partial charge in [0.05, 0.1) is 19.4 Å². The summed E-state index contributed by atoms with van der Waals surface area (Å²) in [5.41, 5.74) is -2.61. The number of carbonyl (C=O) groups is 3. The second-order valence-electron chi connectivity index (χ2n) is 2.89. The van der Waals surface area contributed by atoms with Crippen molar-refractivity contribution in [1.82, 2.24) is 0 Å². The molecule has 16 heavy (non-hydrogen) atoms. The fourth-order valence-corrected chi connectivity index (χ4v) is 0.915. The monoisotopic (exact) mass is 244 g/mol. The second kappa shape index (κ2) is 7.61. The molecule has 0 saturated carbocycles. The molecule has 0 amide bonds. The van der Waals surface area contributed by atoms with Crippen molar-refractivity contribution in [3.05, 3.63) is 0 Å². The molecule has 0 aromatic carbocycles. The minimum atomic E-state index is -2.61. The van der Waals surface area contributed by atoms with Crippen LogP contribution >= 0.6 is 0 Å². The Bertz CT molecular complexity index is 283. The van der Waals surface area contributed by atoms with Crippen LogP contribution < -0.4 is 29.6 Å². The predicted octanol–water partition coefficient (Wildman–Crippen LogP) is -3.65. The van der Waals surface area contributed by atoms with E-state index >= 15 is 0 Å². The SMILES string of the molecule is CCOC(=O)CC(O)(CC(=O)O)C(=O)O.[H-].[Na+]. The predicted molar refractivity (Wildman–Crippen MR) is 47.2 cm³/mol. The van der Waals surface area contributed by atoms with Gasteiger partial charge in [-0.3, -0.25) is 9.59 Å². The number of hydrogen-bond acceptors (Lipinski definition) is 5. The van der Waals surface area contributed by atoms with Crippen molar-refractivity contribution in [2.24, 2.45) is 0 Å². The first-order valence-electron chi connectivity index (χ1n) is 4.15. The van der Waals surface area contributed by atoms with Gasteiger partial charge in [-0.05, 0) is 6.92 Å². The Morgan fingerprint density at radius 2 is 1.75 bits per heavy atom. The van der Waals surface area contributed by atoms with E-state index < -0.39 is 36.4 Å². The quantitative estimate of drug-likeness (QED) is 0.325. The summed E-state index contributed by atoms with van der Waals surface area (Å²) in [6, 6.07) is 0. The van der Waals surface area contributed by atoms with Crippen LogP contribution in [-0.4, -0.2) is 45.4 Å². The summed E-state index contributed by atoms with van der Waals surface area (Å²) in [4.78, 5) is 31.8. The van der Waals surface area contributed by atoms with Crippen LogP contribution in [0.2, 0.25) is 0 Å². The molecule has 0 aromatic heterocycles.